The van der Waals surface area contributed by atoms with Gasteiger partial charge in [-0.05, 0) is 28.3 Å². The van der Waals surface area contributed by atoms with Gasteiger partial charge in [0.2, 0.25) is 10.0 Å². The summed E-state index contributed by atoms with van der Waals surface area (Å²) >= 11 is 0. The molecule has 9 heteroatoms. The molecule has 1 fully saturated rings. The van der Waals surface area contributed by atoms with Gasteiger partial charge in [0, 0.05) is 12.6 Å². The summed E-state index contributed by atoms with van der Waals surface area (Å²) < 4.78 is 26.1. The van der Waals surface area contributed by atoms with Crippen LogP contribution >= 0.6 is 0 Å². The Labute approximate surface area is 116 Å². The summed E-state index contributed by atoms with van der Waals surface area (Å²) in [6.45, 7) is 1.96. The minimum atomic E-state index is -3.79. The summed E-state index contributed by atoms with van der Waals surface area (Å²) in [5.74, 6) is -0.335. The van der Waals surface area contributed by atoms with Crippen LogP contribution in [0.25, 0.3) is 0 Å². The number of aliphatic hydroxyl groups excluding tert-OH is 1. The van der Waals surface area contributed by atoms with Crippen LogP contribution in [0, 0.1) is 16.0 Å². The molecule has 1 aromatic heterocycles. The van der Waals surface area contributed by atoms with E-state index >= 15 is 0 Å². The van der Waals surface area contributed by atoms with Gasteiger partial charge < -0.3 is 15.2 Å². The lowest BCUT2D eigenvalue weighted by Gasteiger charge is -2.23. The van der Waals surface area contributed by atoms with Crippen LogP contribution in [0.4, 0.5) is 5.82 Å². The first-order valence-electron chi connectivity index (χ1n) is 6.11. The molecule has 0 radical (unpaired) electrons. The molecule has 1 aliphatic rings. The molecule has 1 saturated heterocycles. The molecule has 2 unspecified atom stereocenters. The van der Waals surface area contributed by atoms with E-state index in [1.807, 2.05) is 6.92 Å². The van der Waals surface area contributed by atoms with E-state index < -0.39 is 26.8 Å². The predicted octanol–water partition coefficient (Wildman–Crippen LogP) is 0.381. The zero-order valence-electron chi connectivity index (χ0n) is 10.8. The van der Waals surface area contributed by atoms with Crippen molar-refractivity contribution in [3.63, 3.8) is 0 Å². The van der Waals surface area contributed by atoms with Crippen LogP contribution in [-0.4, -0.2) is 46.9 Å². The molecule has 0 saturated carbocycles. The highest BCUT2D eigenvalue weighted by molar-refractivity contribution is 7.89. The van der Waals surface area contributed by atoms with E-state index in [-0.39, 0.29) is 17.4 Å². The summed E-state index contributed by atoms with van der Waals surface area (Å²) in [6.07, 6.45) is 1.65. The van der Waals surface area contributed by atoms with Gasteiger partial charge >= 0.3 is 5.82 Å². The second kappa shape index (κ2) is 5.43. The Bertz CT molecular complexity index is 601. The maximum absolute atomic E-state index is 12.4. The number of rotatable bonds is 4. The number of aliphatic hydroxyl groups is 1. The molecule has 0 bridgehead atoms. The third kappa shape index (κ3) is 2.51. The number of pyridine rings is 1. The third-order valence-electron chi connectivity index (χ3n) is 3.53. The van der Waals surface area contributed by atoms with Crippen LogP contribution in [0.3, 0.4) is 0 Å². The summed E-state index contributed by atoms with van der Waals surface area (Å²) in [5, 5.41) is 19.8. The number of hydrogen-bond donors (Lipinski definition) is 1. The highest BCUT2D eigenvalue weighted by Gasteiger charge is 2.39. The zero-order valence-corrected chi connectivity index (χ0v) is 11.7. The quantitative estimate of drug-likeness (QED) is 0.635. The molecule has 110 valence electrons. The second-order valence-corrected chi connectivity index (χ2v) is 6.63. The molecule has 0 amide bonds. The molecule has 0 aliphatic carbocycles. The minimum absolute atomic E-state index is 0.0702. The normalized spacial score (nSPS) is 23.9. The Balaban J connectivity index is 2.33. The van der Waals surface area contributed by atoms with E-state index in [0.29, 0.717) is 13.0 Å². The smallest absolute Gasteiger partial charge is 0.363 e. The van der Waals surface area contributed by atoms with Gasteiger partial charge in [-0.25, -0.2) is 8.42 Å². The van der Waals surface area contributed by atoms with Gasteiger partial charge in [-0.3, -0.25) is 0 Å². The largest absolute Gasteiger partial charge is 0.395 e. The first-order valence-corrected chi connectivity index (χ1v) is 7.55. The SMILES string of the molecule is CC1CCN(S(=O)(=O)c2ccc([N+](=O)[O-])nc2)C1CO. The summed E-state index contributed by atoms with van der Waals surface area (Å²) in [6, 6.07) is 1.76. The van der Waals surface area contributed by atoms with Crippen LogP contribution in [0.15, 0.2) is 23.2 Å². The fraction of sp³-hybridized carbons (Fsp3) is 0.545. The summed E-state index contributed by atoms with van der Waals surface area (Å²) in [7, 11) is -3.79. The number of sulfonamides is 1. The maximum Gasteiger partial charge on any atom is 0.363 e. The van der Waals surface area contributed by atoms with Gasteiger partial charge in [0.25, 0.3) is 0 Å². The fourth-order valence-corrected chi connectivity index (χ4v) is 3.98. The van der Waals surface area contributed by atoms with Crippen molar-refractivity contribution in [3.8, 4) is 0 Å². The van der Waals surface area contributed by atoms with Crippen LogP contribution in [-0.2, 0) is 10.0 Å². The topological polar surface area (TPSA) is 114 Å². The molecular formula is C11H15N3O5S. The fourth-order valence-electron chi connectivity index (χ4n) is 2.31. The molecule has 1 N–H and O–H groups in total. The van der Waals surface area contributed by atoms with Gasteiger partial charge in [0.15, 0.2) is 6.20 Å². The molecule has 1 aromatic rings. The Morgan fingerprint density at radius 2 is 2.25 bits per heavy atom. The first kappa shape index (κ1) is 14.8. The average molecular weight is 301 g/mol. The molecule has 0 spiro atoms. The van der Waals surface area contributed by atoms with E-state index in [0.717, 1.165) is 18.3 Å². The maximum atomic E-state index is 12.4. The predicted molar refractivity (Wildman–Crippen MR) is 69.4 cm³/mol. The van der Waals surface area contributed by atoms with Crippen LogP contribution in [0.2, 0.25) is 0 Å². The van der Waals surface area contributed by atoms with Crippen LogP contribution < -0.4 is 0 Å². The number of nitro groups is 1. The second-order valence-electron chi connectivity index (χ2n) is 4.74. The highest BCUT2D eigenvalue weighted by atomic mass is 32.2. The van der Waals surface area contributed by atoms with Crippen molar-refractivity contribution in [2.24, 2.45) is 5.92 Å². The molecule has 2 atom stereocenters. The lowest BCUT2D eigenvalue weighted by Crippen LogP contribution is -2.39. The monoisotopic (exact) mass is 301 g/mol. The molecule has 20 heavy (non-hydrogen) atoms. The Kier molecular flexibility index (Phi) is 4.02. The molecular weight excluding hydrogens is 286 g/mol. The van der Waals surface area contributed by atoms with E-state index in [2.05, 4.69) is 4.98 Å². The van der Waals surface area contributed by atoms with Crippen molar-refractivity contribution in [1.29, 1.82) is 0 Å². The van der Waals surface area contributed by atoms with Crippen molar-refractivity contribution in [2.75, 3.05) is 13.2 Å². The van der Waals surface area contributed by atoms with Gasteiger partial charge in [-0.2, -0.15) is 4.31 Å². The minimum Gasteiger partial charge on any atom is -0.395 e. The summed E-state index contributed by atoms with van der Waals surface area (Å²) in [5.41, 5.74) is 0. The Hall–Kier alpha value is -1.58. The average Bonchev–Trinajstić information content (AvgIpc) is 2.80. The van der Waals surface area contributed by atoms with Gasteiger partial charge in [-0.15, -0.1) is 0 Å². The van der Waals surface area contributed by atoms with E-state index in [4.69, 9.17) is 0 Å². The molecule has 0 aromatic carbocycles. The van der Waals surface area contributed by atoms with Gasteiger partial charge in [0.1, 0.15) is 4.90 Å². The first-order chi connectivity index (χ1) is 9.37. The lowest BCUT2D eigenvalue weighted by molar-refractivity contribution is -0.389. The van der Waals surface area contributed by atoms with Crippen LogP contribution in [0.1, 0.15) is 13.3 Å². The van der Waals surface area contributed by atoms with Crippen molar-refractivity contribution < 1.29 is 18.4 Å². The molecule has 2 rings (SSSR count). The number of aromatic nitrogens is 1. The van der Waals surface area contributed by atoms with Gasteiger partial charge in [-0.1, -0.05) is 6.92 Å². The summed E-state index contributed by atoms with van der Waals surface area (Å²) in [4.78, 5) is 13.2. The third-order valence-corrected chi connectivity index (χ3v) is 5.44. The molecule has 1 aliphatic heterocycles. The molecule has 2 heterocycles. The van der Waals surface area contributed by atoms with E-state index in [1.165, 1.54) is 4.31 Å². The zero-order chi connectivity index (χ0) is 14.9. The molecule has 8 nitrogen and oxygen atoms in total. The standard InChI is InChI=1S/C11H15N3O5S/c1-8-4-5-13(10(8)7-15)20(18,19)9-2-3-11(12-6-9)14(16)17/h2-3,6,8,10,15H,4-5,7H2,1H3. The Morgan fingerprint density at radius 3 is 2.75 bits per heavy atom. The van der Waals surface area contributed by atoms with Crippen molar-refractivity contribution >= 4 is 15.8 Å². The number of nitrogens with zero attached hydrogens (tertiary/aromatic N) is 3. The highest BCUT2D eigenvalue weighted by Crippen LogP contribution is 2.29. The number of hydrogen-bond acceptors (Lipinski definition) is 6. The van der Waals surface area contributed by atoms with Crippen LogP contribution in [0.5, 0.6) is 0 Å². The van der Waals surface area contributed by atoms with E-state index in [9.17, 15) is 23.6 Å². The van der Waals surface area contributed by atoms with Crippen molar-refractivity contribution in [1.82, 2.24) is 9.29 Å². The Morgan fingerprint density at radius 1 is 1.55 bits per heavy atom. The van der Waals surface area contributed by atoms with Crippen molar-refractivity contribution in [2.45, 2.75) is 24.3 Å². The lowest BCUT2D eigenvalue weighted by atomic mass is 10.0. The van der Waals surface area contributed by atoms with Crippen molar-refractivity contribution in [3.05, 3.63) is 28.4 Å². The van der Waals surface area contributed by atoms with Gasteiger partial charge in [0.05, 0.1) is 12.6 Å². The van der Waals surface area contributed by atoms with E-state index in [1.54, 1.807) is 0 Å².